The van der Waals surface area contributed by atoms with Crippen LogP contribution in [0.5, 0.6) is 0 Å². The first kappa shape index (κ1) is 29.1. The van der Waals surface area contributed by atoms with Gasteiger partial charge in [-0.3, -0.25) is 10.7 Å². The number of fused-ring (bicyclic) bond motifs is 1. The summed E-state index contributed by atoms with van der Waals surface area (Å²) in [4.78, 5) is 15.1. The molecule has 2 saturated carbocycles. The molecule has 8 atom stereocenters. The highest BCUT2D eigenvalue weighted by Gasteiger charge is 2.52. The lowest BCUT2D eigenvalue weighted by molar-refractivity contribution is 0.0177. The highest BCUT2D eigenvalue weighted by Crippen LogP contribution is 2.45. The molecule has 4 fully saturated rings. The van der Waals surface area contributed by atoms with Crippen LogP contribution in [0.15, 0.2) is 5.70 Å². The van der Waals surface area contributed by atoms with E-state index in [0.29, 0.717) is 30.1 Å². The predicted octanol–water partition coefficient (Wildman–Crippen LogP) is 4.39. The monoisotopic (exact) mass is 511 g/mol. The summed E-state index contributed by atoms with van der Waals surface area (Å²) in [6.07, 6.45) is 12.5. The van der Waals surface area contributed by atoms with Crippen LogP contribution in [0, 0.1) is 23.7 Å². The van der Waals surface area contributed by atoms with Crippen molar-refractivity contribution in [2.75, 3.05) is 6.54 Å². The summed E-state index contributed by atoms with van der Waals surface area (Å²) in [5.41, 5.74) is 11.1. The summed E-state index contributed by atoms with van der Waals surface area (Å²) >= 11 is 0. The van der Waals surface area contributed by atoms with Crippen LogP contribution >= 0.6 is 0 Å². The first-order valence-electron chi connectivity index (χ1n) is 15.6. The largest absolute Gasteiger partial charge is 0.362 e. The van der Waals surface area contributed by atoms with Crippen molar-refractivity contribution in [2.45, 2.75) is 147 Å². The summed E-state index contributed by atoms with van der Waals surface area (Å²) in [7, 11) is 6.35. The second-order valence-electron chi connectivity index (χ2n) is 13.1. The number of carbonyl (C=O) groups excluding carboxylic acids is 1. The number of nitrogens with two attached hydrogens (primary N) is 1. The minimum Gasteiger partial charge on any atom is -0.362 e. The van der Waals surface area contributed by atoms with Gasteiger partial charge in [-0.1, -0.05) is 46.4 Å². The molecular weight excluding hydrogens is 457 g/mol. The molecule has 0 aromatic rings. The van der Waals surface area contributed by atoms with Crippen LogP contribution in [-0.4, -0.2) is 66.6 Å². The second kappa shape index (κ2) is 13.0. The molecule has 4 rings (SSSR count). The van der Waals surface area contributed by atoms with Crippen molar-refractivity contribution >= 4 is 13.8 Å². The lowest BCUT2D eigenvalue weighted by Gasteiger charge is -2.50. The summed E-state index contributed by atoms with van der Waals surface area (Å²) in [6.45, 7) is 12.3. The Hall–Kier alpha value is -0.845. The van der Waals surface area contributed by atoms with Gasteiger partial charge in [-0.05, 0) is 76.5 Å². The van der Waals surface area contributed by atoms with Crippen LogP contribution < -0.4 is 16.5 Å². The van der Waals surface area contributed by atoms with E-state index in [9.17, 15) is 4.79 Å². The van der Waals surface area contributed by atoms with E-state index in [2.05, 4.69) is 54.3 Å². The summed E-state index contributed by atoms with van der Waals surface area (Å²) < 4.78 is 0. The van der Waals surface area contributed by atoms with Gasteiger partial charge in [0, 0.05) is 48.6 Å². The number of nitrogens with zero attached hydrogens (tertiary/aromatic N) is 2. The number of hydrogen-bond donors (Lipinski definition) is 3. The third-order valence-electron chi connectivity index (χ3n) is 10.3. The van der Waals surface area contributed by atoms with Crippen molar-refractivity contribution in [1.82, 2.24) is 20.7 Å². The second-order valence-corrected chi connectivity index (χ2v) is 13.1. The average Bonchev–Trinajstić information content (AvgIpc) is 3.24. The molecule has 0 amide bonds. The van der Waals surface area contributed by atoms with Gasteiger partial charge >= 0.3 is 0 Å². The molecule has 7 heteroatoms. The van der Waals surface area contributed by atoms with E-state index >= 15 is 0 Å². The molecule has 2 heterocycles. The minimum absolute atomic E-state index is 0.120. The zero-order valence-corrected chi connectivity index (χ0v) is 24.3. The molecule has 6 nitrogen and oxygen atoms in total. The van der Waals surface area contributed by atoms with Crippen LogP contribution in [0.4, 0.5) is 0 Å². The smallest absolute Gasteiger partial charge is 0.146 e. The van der Waals surface area contributed by atoms with Gasteiger partial charge in [0.1, 0.15) is 11.6 Å². The fourth-order valence-corrected chi connectivity index (χ4v) is 8.51. The summed E-state index contributed by atoms with van der Waals surface area (Å²) in [5.74, 6) is 4.99. The van der Waals surface area contributed by atoms with Crippen LogP contribution in [0.25, 0.3) is 0 Å². The fourth-order valence-electron chi connectivity index (χ4n) is 8.51. The molecule has 0 bridgehead atoms. The molecule has 0 spiro atoms. The van der Waals surface area contributed by atoms with Crippen molar-refractivity contribution in [3.8, 4) is 0 Å². The standard InChI is InChI=1S/C30H54BN5O/c1-6-8-25-30-27(7-2)35(29(18-37)24-14-11-22(31)17-26(24)33-20(5)32)16-15-28(30)36(34-25)23-12-9-21(10-13-23)19(3)4/h19-28,30,33-34H,6-17,32H2,1-5H3. The quantitative estimate of drug-likeness (QED) is 0.242. The van der Waals surface area contributed by atoms with Gasteiger partial charge in [0.25, 0.3) is 0 Å². The molecule has 0 aromatic heterocycles. The number of likely N-dealkylation sites (tertiary alicyclic amines) is 1. The van der Waals surface area contributed by atoms with Crippen LogP contribution in [0.1, 0.15) is 105 Å². The molecule has 0 aromatic carbocycles. The first-order chi connectivity index (χ1) is 17.8. The third-order valence-corrected chi connectivity index (χ3v) is 10.3. The molecule has 2 saturated heterocycles. The topological polar surface area (TPSA) is 73.6 Å². The van der Waals surface area contributed by atoms with E-state index < -0.39 is 0 Å². The number of hydrogen-bond acceptors (Lipinski definition) is 6. The first-order valence-corrected chi connectivity index (χ1v) is 15.6. The van der Waals surface area contributed by atoms with E-state index in [4.69, 9.17) is 13.6 Å². The van der Waals surface area contributed by atoms with Gasteiger partial charge in [-0.15, -0.1) is 0 Å². The van der Waals surface area contributed by atoms with E-state index in [1.165, 1.54) is 38.5 Å². The van der Waals surface area contributed by atoms with Gasteiger partial charge in [0.05, 0.1) is 14.0 Å². The number of rotatable bonds is 9. The Balaban J connectivity index is 1.54. The molecule has 2 aliphatic carbocycles. The zero-order valence-electron chi connectivity index (χ0n) is 24.3. The van der Waals surface area contributed by atoms with E-state index in [-0.39, 0.29) is 23.9 Å². The van der Waals surface area contributed by atoms with Crippen molar-refractivity contribution in [3.63, 3.8) is 0 Å². The molecule has 208 valence electrons. The Morgan fingerprint density at radius 3 is 2.43 bits per heavy atom. The molecule has 37 heavy (non-hydrogen) atoms. The number of hydrazine groups is 1. The molecule has 2 radical (unpaired) electrons. The highest BCUT2D eigenvalue weighted by molar-refractivity contribution is 6.11. The van der Waals surface area contributed by atoms with Crippen molar-refractivity contribution in [1.29, 1.82) is 0 Å². The SMILES string of the molecule is [B]C1CCC(C(=C=O)N2CCC3C(C(CCC)NN3C3CCC(C(C)C)CC3)C2CC)C(NC(C)N)C1. The van der Waals surface area contributed by atoms with Crippen molar-refractivity contribution in [3.05, 3.63) is 5.70 Å². The van der Waals surface area contributed by atoms with Gasteiger partial charge < -0.3 is 10.6 Å². The summed E-state index contributed by atoms with van der Waals surface area (Å²) in [6, 6.07) is 2.19. The van der Waals surface area contributed by atoms with E-state index in [1.807, 2.05) is 6.92 Å². The van der Waals surface area contributed by atoms with Gasteiger partial charge in [0.2, 0.25) is 0 Å². The fraction of sp³-hybridized carbons (Fsp3) is 0.933. The van der Waals surface area contributed by atoms with Crippen LogP contribution in [0.3, 0.4) is 0 Å². The van der Waals surface area contributed by atoms with E-state index in [1.54, 1.807) is 0 Å². The minimum atomic E-state index is -0.120. The third kappa shape index (κ3) is 6.33. The maximum Gasteiger partial charge on any atom is 0.146 e. The summed E-state index contributed by atoms with van der Waals surface area (Å²) in [5, 5.41) is 6.25. The Morgan fingerprint density at radius 2 is 1.84 bits per heavy atom. The van der Waals surface area contributed by atoms with Gasteiger partial charge in [-0.25, -0.2) is 9.80 Å². The highest BCUT2D eigenvalue weighted by atomic mass is 16.1. The molecular formula is C30H54BN5O. The maximum atomic E-state index is 12.7. The Bertz CT molecular complexity index is 776. The molecule has 4 aliphatic rings. The number of piperidine rings is 1. The van der Waals surface area contributed by atoms with Crippen molar-refractivity contribution in [2.24, 2.45) is 29.4 Å². The lowest BCUT2D eigenvalue weighted by Crippen LogP contribution is -2.57. The Morgan fingerprint density at radius 1 is 1.11 bits per heavy atom. The Labute approximate surface area is 228 Å². The van der Waals surface area contributed by atoms with Gasteiger partial charge in [-0.2, -0.15) is 0 Å². The number of nitrogens with one attached hydrogen (secondary N) is 2. The predicted molar refractivity (Wildman–Crippen MR) is 154 cm³/mol. The molecule has 4 N–H and O–H groups in total. The molecule has 2 aliphatic heterocycles. The van der Waals surface area contributed by atoms with Crippen LogP contribution in [0.2, 0.25) is 5.82 Å². The average molecular weight is 512 g/mol. The van der Waals surface area contributed by atoms with Crippen molar-refractivity contribution < 1.29 is 4.79 Å². The Kier molecular flexibility index (Phi) is 10.2. The van der Waals surface area contributed by atoms with E-state index in [0.717, 1.165) is 56.2 Å². The maximum absolute atomic E-state index is 12.7. The molecule has 8 unspecified atom stereocenters. The normalized spacial score (nSPS) is 39.9. The van der Waals surface area contributed by atoms with Gasteiger partial charge in [0.15, 0.2) is 0 Å². The van der Waals surface area contributed by atoms with Crippen LogP contribution in [-0.2, 0) is 4.79 Å². The zero-order chi connectivity index (χ0) is 26.7. The lowest BCUT2D eigenvalue weighted by atomic mass is 9.68.